The Kier molecular flexibility index (Phi) is 28.4. The summed E-state index contributed by atoms with van der Waals surface area (Å²) in [5.41, 5.74) is -24.7. The van der Waals surface area contributed by atoms with Gasteiger partial charge in [0.05, 0.1) is 91.6 Å². The standard InChI is InChI=1S/C71H128O27/c1-26-37(2)48-61(14,57(77)92-34-45(10)72)97-54(70(23,86)64(48,17)80)43(8)32-89-28-38(3)49-60(13,56(75)76)95-53(69(22,85)65(49,18)81)42(7)31-90-29-40(5)51-63(16,59(79)94-36-47(12)74)98-55(71(24,87)67(51,20)83)44(9)33-91-30-39(4)50-62(15,58(78)93-35-46(11)73)96-52(41(6)27-88-25)68(21,84)66(50,19)82/h37-55,72-74,80-87H,26-36H2,1-25H3,(H,75,76)/t37?,38?,39?,40?,41?,42?,43?,44?,45?,46?,47?,48-,49-,50-,51-,52-,53-,54-,55-,60?,61?,62?,63?,64?,65?,66?,67?,68?,69?,70?,71?/m0/s1. The summed E-state index contributed by atoms with van der Waals surface area (Å²) in [5, 5.41) is 141. The highest BCUT2D eigenvalue weighted by molar-refractivity contribution is 5.82. The molecule has 0 bridgehead atoms. The summed E-state index contributed by atoms with van der Waals surface area (Å²) >= 11 is 0. The molecule has 0 aromatic rings. The summed E-state index contributed by atoms with van der Waals surface area (Å²) in [7, 11) is 1.47. The van der Waals surface area contributed by atoms with Gasteiger partial charge in [-0.1, -0.05) is 68.7 Å². The number of hydrogen-bond donors (Lipinski definition) is 12. The monoisotopic (exact) mass is 1410 g/mol. The number of carbonyl (C=O) groups excluding carboxylic acids is 3. The lowest BCUT2D eigenvalue weighted by Crippen LogP contribution is -2.76. The predicted molar refractivity (Wildman–Crippen MR) is 356 cm³/mol. The molecule has 0 aliphatic carbocycles. The summed E-state index contributed by atoms with van der Waals surface area (Å²) in [5.74, 6) is -14.9. The van der Waals surface area contributed by atoms with Crippen LogP contribution in [-0.2, 0) is 71.3 Å². The summed E-state index contributed by atoms with van der Waals surface area (Å²) in [6, 6.07) is 0. The molecule has 0 saturated carbocycles. The van der Waals surface area contributed by atoms with E-state index in [1.807, 2.05) is 13.8 Å². The first-order valence-corrected chi connectivity index (χ1v) is 34.9. The highest BCUT2D eigenvalue weighted by atomic mass is 16.6. The predicted octanol–water partition coefficient (Wildman–Crippen LogP) is 3.14. The largest absolute Gasteiger partial charge is 0.479 e. The lowest BCUT2D eigenvalue weighted by molar-refractivity contribution is -0.338. The van der Waals surface area contributed by atoms with Crippen molar-refractivity contribution in [3.05, 3.63) is 0 Å². The number of aliphatic hydroxyl groups excluding tert-OH is 3. The Morgan fingerprint density at radius 1 is 0.327 bits per heavy atom. The molecule has 0 spiro atoms. The molecule has 27 heteroatoms. The lowest BCUT2D eigenvalue weighted by Gasteiger charge is -2.61. The van der Waals surface area contributed by atoms with Gasteiger partial charge in [0.1, 0.15) is 42.2 Å². The maximum atomic E-state index is 14.5. The molecule has 0 aromatic carbocycles. The van der Waals surface area contributed by atoms with Crippen LogP contribution in [0, 0.1) is 71.0 Å². The molecule has 12 N–H and O–H groups in total. The second-order valence-electron chi connectivity index (χ2n) is 32.6. The van der Waals surface area contributed by atoms with E-state index in [9.17, 15) is 80.5 Å². The summed E-state index contributed by atoms with van der Waals surface area (Å²) in [6.45, 7) is 33.9. The molecular weight excluding hydrogens is 1280 g/mol. The van der Waals surface area contributed by atoms with Crippen LogP contribution in [0.2, 0.25) is 0 Å². The Labute approximate surface area is 581 Å². The topological polar surface area (TPSA) is 413 Å². The van der Waals surface area contributed by atoms with Crippen LogP contribution < -0.4 is 0 Å². The average molecular weight is 1410 g/mol. The first-order chi connectivity index (χ1) is 44.4. The molecule has 98 heavy (non-hydrogen) atoms. The van der Waals surface area contributed by atoms with Crippen LogP contribution in [-0.4, -0.2) is 268 Å². The van der Waals surface area contributed by atoms with Crippen molar-refractivity contribution in [1.29, 1.82) is 0 Å². The van der Waals surface area contributed by atoms with E-state index in [1.54, 1.807) is 48.5 Å². The SMILES string of the molecule is CCC(C)[C@H]1C(C)(C(=O)OCC(C)O)O[C@@H](C(C)COCC(C)[C@H]2C(C)(C(=O)O)O[C@@H](C(C)COCC(C)[C@H]3C(C)(C(=O)OCC(C)O)O[C@@H](C(C)COCC(C)[C@H]4C(C)(C(=O)OCC(C)O)O[C@@H](C(C)COC)C(C)(O)C4(C)O)C(C)(O)C3(C)O)C(C)(O)C2(C)O)C(C)(O)C1(C)O. The lowest BCUT2D eigenvalue weighted by atomic mass is 9.58. The van der Waals surface area contributed by atoms with E-state index in [-0.39, 0.29) is 65.4 Å². The van der Waals surface area contributed by atoms with Gasteiger partial charge in [0.25, 0.3) is 0 Å². The first kappa shape index (κ1) is 87.5. The molecule has 4 heterocycles. The zero-order valence-corrected chi connectivity index (χ0v) is 63.2. The van der Waals surface area contributed by atoms with Gasteiger partial charge in [-0.2, -0.15) is 0 Å². The Bertz CT molecular complexity index is 2640. The second kappa shape index (κ2) is 31.8. The summed E-state index contributed by atoms with van der Waals surface area (Å²) in [4.78, 5) is 56.0. The third-order valence-electron chi connectivity index (χ3n) is 23.3. The number of rotatable bonds is 33. The first-order valence-electron chi connectivity index (χ1n) is 34.9. The molecule has 0 aromatic heterocycles. The van der Waals surface area contributed by atoms with Gasteiger partial charge in [-0.15, -0.1) is 0 Å². The number of hydrogen-bond acceptors (Lipinski definition) is 26. The van der Waals surface area contributed by atoms with E-state index in [0.717, 1.165) is 0 Å². The molecule has 574 valence electrons. The van der Waals surface area contributed by atoms with Crippen LogP contribution in [0.1, 0.15) is 173 Å². The fraction of sp³-hybridized carbons (Fsp3) is 0.944. The van der Waals surface area contributed by atoms with Crippen LogP contribution >= 0.6 is 0 Å². The molecule has 4 aliphatic heterocycles. The number of esters is 3. The molecule has 4 aliphatic rings. The van der Waals surface area contributed by atoms with Crippen LogP contribution in [0.25, 0.3) is 0 Å². The zero-order valence-electron chi connectivity index (χ0n) is 63.2. The fourth-order valence-corrected chi connectivity index (χ4v) is 17.6. The molecule has 0 radical (unpaired) electrons. The highest BCUT2D eigenvalue weighted by Gasteiger charge is 2.73. The number of aliphatic hydroxyl groups is 11. The molecule has 31 atom stereocenters. The van der Waals surface area contributed by atoms with Crippen molar-refractivity contribution in [1.82, 2.24) is 0 Å². The molecule has 4 fully saturated rings. The number of carboxylic acid groups (broad SMARTS) is 1. The van der Waals surface area contributed by atoms with E-state index >= 15 is 0 Å². The van der Waals surface area contributed by atoms with Crippen molar-refractivity contribution in [2.24, 2.45) is 71.0 Å². The van der Waals surface area contributed by atoms with Crippen molar-refractivity contribution >= 4 is 23.9 Å². The van der Waals surface area contributed by atoms with E-state index in [4.69, 9.17) is 52.1 Å². The fourth-order valence-electron chi connectivity index (χ4n) is 17.6. The molecule has 0 amide bonds. The van der Waals surface area contributed by atoms with Gasteiger partial charge in [0.2, 0.25) is 0 Å². The van der Waals surface area contributed by atoms with Gasteiger partial charge in [-0.3, -0.25) is 0 Å². The van der Waals surface area contributed by atoms with Crippen LogP contribution in [0.3, 0.4) is 0 Å². The minimum atomic E-state index is -2.22. The van der Waals surface area contributed by atoms with Gasteiger partial charge in [-0.05, 0) is 128 Å². The number of ether oxygens (including phenoxy) is 11. The van der Waals surface area contributed by atoms with Crippen molar-refractivity contribution in [2.45, 2.75) is 283 Å². The summed E-state index contributed by atoms with van der Waals surface area (Å²) < 4.78 is 67.0. The molecule has 23 unspecified atom stereocenters. The summed E-state index contributed by atoms with van der Waals surface area (Å²) in [6.07, 6.45) is -7.82. The van der Waals surface area contributed by atoms with E-state index in [0.29, 0.717) is 6.42 Å². The normalized spacial score (nSPS) is 43.4. The average Bonchev–Trinajstić information content (AvgIpc) is 0.735. The third kappa shape index (κ3) is 16.5. The van der Waals surface area contributed by atoms with Crippen molar-refractivity contribution in [2.75, 3.05) is 73.2 Å². The van der Waals surface area contributed by atoms with Crippen molar-refractivity contribution in [3.63, 3.8) is 0 Å². The Balaban J connectivity index is 1.56. The number of carboxylic acids is 1. The smallest absolute Gasteiger partial charge is 0.338 e. The van der Waals surface area contributed by atoms with Gasteiger partial charge in [-0.25, -0.2) is 19.2 Å². The van der Waals surface area contributed by atoms with Crippen LogP contribution in [0.15, 0.2) is 0 Å². The van der Waals surface area contributed by atoms with Gasteiger partial charge >= 0.3 is 23.9 Å². The van der Waals surface area contributed by atoms with Crippen molar-refractivity contribution in [3.8, 4) is 0 Å². The second-order valence-corrected chi connectivity index (χ2v) is 32.6. The maximum absolute atomic E-state index is 14.5. The van der Waals surface area contributed by atoms with Crippen LogP contribution in [0.4, 0.5) is 0 Å². The molecule has 27 nitrogen and oxygen atoms in total. The quantitative estimate of drug-likeness (QED) is 0.0332. The Morgan fingerprint density at radius 2 is 0.531 bits per heavy atom. The molecular formula is C71H128O27. The molecule has 4 rings (SSSR count). The van der Waals surface area contributed by atoms with Gasteiger partial charge < -0.3 is 113 Å². The Morgan fingerprint density at radius 3 is 0.745 bits per heavy atom. The van der Waals surface area contributed by atoms with E-state index in [1.165, 1.54) is 111 Å². The number of methoxy groups -OCH3 is 1. The third-order valence-corrected chi connectivity index (χ3v) is 23.3. The minimum Gasteiger partial charge on any atom is -0.479 e. The maximum Gasteiger partial charge on any atom is 0.338 e. The zero-order chi connectivity index (χ0) is 75.8. The van der Waals surface area contributed by atoms with Gasteiger partial charge in [0.15, 0.2) is 22.4 Å². The minimum absolute atomic E-state index is 0.105. The Hall–Kier alpha value is -2.88. The van der Waals surface area contributed by atoms with E-state index in [2.05, 4.69) is 0 Å². The van der Waals surface area contributed by atoms with Crippen LogP contribution in [0.5, 0.6) is 0 Å². The highest BCUT2D eigenvalue weighted by Crippen LogP contribution is 2.57. The number of carbonyl (C=O) groups is 4. The van der Waals surface area contributed by atoms with Gasteiger partial charge in [0, 0.05) is 74.3 Å². The van der Waals surface area contributed by atoms with Crippen molar-refractivity contribution < 1.29 is 133 Å². The molecule has 4 saturated heterocycles. The number of aliphatic carboxylic acids is 1. The van der Waals surface area contributed by atoms with E-state index < -0.39 is 206 Å².